The van der Waals surface area contributed by atoms with Gasteiger partial charge in [-0.2, -0.15) is 12.7 Å². The number of aliphatic imine (C=N–C) groups is 1. The van der Waals surface area contributed by atoms with E-state index in [9.17, 15) is 18.0 Å². The number of piperidine rings is 1. The molecule has 0 radical (unpaired) electrons. The molecule has 0 aliphatic carbocycles. The minimum absolute atomic E-state index is 0.0610. The molecule has 0 amide bonds. The second kappa shape index (κ2) is 9.13. The summed E-state index contributed by atoms with van der Waals surface area (Å²) in [5.41, 5.74) is 2.30. The van der Waals surface area contributed by atoms with Crippen molar-refractivity contribution in [1.29, 1.82) is 0 Å². The third-order valence-electron chi connectivity index (χ3n) is 4.37. The standard InChI is InChI=1S/C15H19BrFN7O4S/c16-11-7-9(4-5-12(11)17)20-15(21-25)13-14(23-28-22-13)19-8-10-3-1-2-6-24(10)29(18,26)27/h4-5,7,10,25H,1-3,6,8H2,(H,19,23)(H,20,21)(H2,18,26,27)/t10-/m0/s1. The van der Waals surface area contributed by atoms with Crippen molar-refractivity contribution < 1.29 is 22.6 Å². The maximum atomic E-state index is 13.4. The van der Waals surface area contributed by atoms with Crippen LogP contribution < -0.4 is 15.9 Å². The Kier molecular flexibility index (Phi) is 6.79. The molecule has 1 fully saturated rings. The molecular weight excluding hydrogens is 473 g/mol. The molecule has 29 heavy (non-hydrogen) atoms. The molecule has 1 aliphatic rings. The zero-order valence-electron chi connectivity index (χ0n) is 15.0. The summed E-state index contributed by atoms with van der Waals surface area (Å²) >= 11 is 3.06. The van der Waals surface area contributed by atoms with Gasteiger partial charge in [-0.15, -0.1) is 0 Å². The monoisotopic (exact) mass is 491 g/mol. The SMILES string of the molecule is NS(=O)(=O)N1CCCC[C@H]1CNc1nonc1C(=Nc1ccc(F)c(Br)c1)NO. The number of hydroxylamine groups is 1. The van der Waals surface area contributed by atoms with Crippen LogP contribution >= 0.6 is 15.9 Å². The van der Waals surface area contributed by atoms with Gasteiger partial charge in [-0.05, 0) is 57.3 Å². The normalized spacial score (nSPS) is 18.6. The minimum Gasteiger partial charge on any atom is -0.364 e. The fourth-order valence-electron chi connectivity index (χ4n) is 3.00. The van der Waals surface area contributed by atoms with Crippen LogP contribution in [0.1, 0.15) is 25.0 Å². The molecule has 2 heterocycles. The van der Waals surface area contributed by atoms with E-state index in [1.54, 1.807) is 0 Å². The smallest absolute Gasteiger partial charge is 0.277 e. The molecule has 1 aromatic carbocycles. The van der Waals surface area contributed by atoms with E-state index < -0.39 is 16.0 Å². The first-order valence-electron chi connectivity index (χ1n) is 8.60. The highest BCUT2D eigenvalue weighted by molar-refractivity contribution is 9.10. The zero-order valence-corrected chi connectivity index (χ0v) is 17.4. The van der Waals surface area contributed by atoms with E-state index in [1.807, 2.05) is 5.48 Å². The second-order valence-electron chi connectivity index (χ2n) is 6.32. The van der Waals surface area contributed by atoms with Crippen LogP contribution in [0.4, 0.5) is 15.9 Å². The average molecular weight is 492 g/mol. The van der Waals surface area contributed by atoms with E-state index in [0.29, 0.717) is 18.7 Å². The number of hydrogen-bond acceptors (Lipinski definition) is 8. The average Bonchev–Trinajstić information content (AvgIpc) is 3.15. The van der Waals surface area contributed by atoms with Crippen molar-refractivity contribution in [1.82, 2.24) is 20.1 Å². The van der Waals surface area contributed by atoms with Crippen LogP contribution in [0, 0.1) is 5.82 Å². The number of amidine groups is 1. The van der Waals surface area contributed by atoms with Gasteiger partial charge in [0.2, 0.25) is 5.82 Å². The maximum absolute atomic E-state index is 13.4. The Bertz CT molecular complexity index is 1000. The fourth-order valence-corrected chi connectivity index (χ4v) is 4.35. The number of hydrogen-bond donors (Lipinski definition) is 4. The summed E-state index contributed by atoms with van der Waals surface area (Å²) in [4.78, 5) is 4.16. The predicted octanol–water partition coefficient (Wildman–Crippen LogP) is 1.50. The summed E-state index contributed by atoms with van der Waals surface area (Å²) < 4.78 is 43.1. The van der Waals surface area contributed by atoms with Crippen molar-refractivity contribution in [3.8, 4) is 0 Å². The number of anilines is 1. The van der Waals surface area contributed by atoms with E-state index in [4.69, 9.17) is 9.77 Å². The number of rotatable bonds is 6. The van der Waals surface area contributed by atoms with Crippen molar-refractivity contribution in [2.24, 2.45) is 10.1 Å². The Labute approximate surface area is 174 Å². The Morgan fingerprint density at radius 3 is 2.93 bits per heavy atom. The number of nitrogens with two attached hydrogens (primary N) is 1. The number of nitrogens with one attached hydrogen (secondary N) is 2. The van der Waals surface area contributed by atoms with Crippen LogP contribution in [0.5, 0.6) is 0 Å². The molecule has 2 aromatic rings. The van der Waals surface area contributed by atoms with Gasteiger partial charge in [-0.25, -0.2) is 19.2 Å². The molecule has 5 N–H and O–H groups in total. The van der Waals surface area contributed by atoms with Crippen LogP contribution in [-0.2, 0) is 10.2 Å². The molecule has 14 heteroatoms. The summed E-state index contributed by atoms with van der Waals surface area (Å²) in [6.45, 7) is 0.553. The first-order chi connectivity index (χ1) is 13.8. The molecule has 1 aromatic heterocycles. The Morgan fingerprint density at radius 2 is 2.24 bits per heavy atom. The predicted molar refractivity (Wildman–Crippen MR) is 105 cm³/mol. The Hall–Kier alpha value is -2.13. The van der Waals surface area contributed by atoms with Gasteiger partial charge in [0.05, 0.1) is 10.2 Å². The highest BCUT2D eigenvalue weighted by atomic mass is 79.9. The third-order valence-corrected chi connectivity index (χ3v) is 6.11. The topological polar surface area (TPSA) is 159 Å². The molecule has 11 nitrogen and oxygen atoms in total. The van der Waals surface area contributed by atoms with Gasteiger partial charge < -0.3 is 5.32 Å². The first-order valence-corrected chi connectivity index (χ1v) is 10.9. The molecule has 1 aliphatic heterocycles. The number of nitrogens with zero attached hydrogens (tertiary/aromatic N) is 4. The van der Waals surface area contributed by atoms with Gasteiger partial charge >= 0.3 is 0 Å². The minimum atomic E-state index is -3.82. The van der Waals surface area contributed by atoms with Gasteiger partial charge in [0.1, 0.15) is 5.82 Å². The van der Waals surface area contributed by atoms with Crippen LogP contribution in [0.25, 0.3) is 0 Å². The number of benzene rings is 1. The van der Waals surface area contributed by atoms with E-state index in [0.717, 1.165) is 12.8 Å². The maximum Gasteiger partial charge on any atom is 0.277 e. The zero-order chi connectivity index (χ0) is 21.0. The molecular formula is C15H19BrFN7O4S. The summed E-state index contributed by atoms with van der Waals surface area (Å²) in [7, 11) is -3.82. The fraction of sp³-hybridized carbons (Fsp3) is 0.400. The number of aromatic nitrogens is 2. The molecule has 1 atom stereocenters. The van der Waals surface area contributed by atoms with Gasteiger partial charge in [0.25, 0.3) is 10.2 Å². The molecule has 3 rings (SSSR count). The quantitative estimate of drug-likeness (QED) is 0.268. The molecule has 0 spiro atoms. The van der Waals surface area contributed by atoms with Crippen molar-refractivity contribution in [3.63, 3.8) is 0 Å². The van der Waals surface area contributed by atoms with Gasteiger partial charge in [0, 0.05) is 19.1 Å². The summed E-state index contributed by atoms with van der Waals surface area (Å²) in [6.07, 6.45) is 2.24. The third kappa shape index (κ3) is 5.27. The largest absolute Gasteiger partial charge is 0.364 e. The molecule has 0 bridgehead atoms. The van der Waals surface area contributed by atoms with Crippen molar-refractivity contribution in [2.45, 2.75) is 25.3 Å². The summed E-state index contributed by atoms with van der Waals surface area (Å²) in [6, 6.07) is 3.67. The number of halogens is 2. The van der Waals surface area contributed by atoms with E-state index in [1.165, 1.54) is 22.5 Å². The lowest BCUT2D eigenvalue weighted by Crippen LogP contribution is -2.49. The lowest BCUT2D eigenvalue weighted by molar-refractivity contribution is 0.234. The first kappa shape index (κ1) is 21.6. The van der Waals surface area contributed by atoms with Crippen LogP contribution in [0.2, 0.25) is 0 Å². The van der Waals surface area contributed by atoms with Gasteiger partial charge in [0.15, 0.2) is 11.5 Å². The molecule has 0 unspecified atom stereocenters. The highest BCUT2D eigenvalue weighted by Gasteiger charge is 2.30. The molecule has 0 saturated carbocycles. The Balaban J connectivity index is 1.78. The van der Waals surface area contributed by atoms with E-state index in [2.05, 4.69) is 36.6 Å². The summed E-state index contributed by atoms with van der Waals surface area (Å²) in [5, 5.41) is 25.2. The summed E-state index contributed by atoms with van der Waals surface area (Å²) in [5.74, 6) is -0.412. The van der Waals surface area contributed by atoms with E-state index >= 15 is 0 Å². The second-order valence-corrected chi connectivity index (χ2v) is 8.67. The van der Waals surface area contributed by atoms with E-state index in [-0.39, 0.29) is 34.4 Å². The van der Waals surface area contributed by atoms with Crippen LogP contribution in [-0.4, -0.2) is 53.2 Å². The van der Waals surface area contributed by atoms with Crippen molar-refractivity contribution in [3.05, 3.63) is 34.2 Å². The van der Waals surface area contributed by atoms with Crippen molar-refractivity contribution in [2.75, 3.05) is 18.4 Å². The molecule has 1 saturated heterocycles. The van der Waals surface area contributed by atoms with Crippen LogP contribution in [0.3, 0.4) is 0 Å². The van der Waals surface area contributed by atoms with Crippen LogP contribution in [0.15, 0.2) is 32.3 Å². The molecule has 158 valence electrons. The highest BCUT2D eigenvalue weighted by Crippen LogP contribution is 2.24. The van der Waals surface area contributed by atoms with Gasteiger partial charge in [-0.3, -0.25) is 10.7 Å². The Morgan fingerprint density at radius 1 is 1.45 bits per heavy atom. The lowest BCUT2D eigenvalue weighted by atomic mass is 10.1. The van der Waals surface area contributed by atoms with Gasteiger partial charge in [-0.1, -0.05) is 6.42 Å². The van der Waals surface area contributed by atoms with Crippen molar-refractivity contribution >= 4 is 43.5 Å². The lowest BCUT2D eigenvalue weighted by Gasteiger charge is -2.33.